The molecule has 0 amide bonds. The maximum atomic E-state index is 5.72. The van der Waals surface area contributed by atoms with Crippen LogP contribution in [-0.4, -0.2) is 14.8 Å². The van der Waals surface area contributed by atoms with E-state index in [0.29, 0.717) is 5.69 Å². The van der Waals surface area contributed by atoms with Crippen molar-refractivity contribution in [3.8, 4) is 0 Å². The first-order valence-electron chi connectivity index (χ1n) is 4.21. The second-order valence-corrected chi connectivity index (χ2v) is 2.99. The summed E-state index contributed by atoms with van der Waals surface area (Å²) in [7, 11) is 1.86. The van der Waals surface area contributed by atoms with Gasteiger partial charge in [-0.1, -0.05) is 0 Å². The Labute approximate surface area is 81.6 Å². The molecule has 2 aromatic rings. The van der Waals surface area contributed by atoms with Crippen molar-refractivity contribution in [1.29, 1.82) is 0 Å². The van der Waals surface area contributed by atoms with Crippen LogP contribution in [0.25, 0.3) is 0 Å². The van der Waals surface area contributed by atoms with Crippen LogP contribution >= 0.6 is 0 Å². The summed E-state index contributed by atoms with van der Waals surface area (Å²) in [5.74, 6) is 0. The molecule has 2 rings (SSSR count). The Morgan fingerprint density at radius 2 is 2.29 bits per heavy atom. The fourth-order valence-electron chi connectivity index (χ4n) is 1.16. The predicted molar refractivity (Wildman–Crippen MR) is 55.1 cm³/mol. The molecule has 2 aromatic heterocycles. The van der Waals surface area contributed by atoms with Crippen molar-refractivity contribution in [3.63, 3.8) is 0 Å². The number of hydrogen-bond donors (Lipinski definition) is 2. The average molecular weight is 189 g/mol. The van der Waals surface area contributed by atoms with Gasteiger partial charge >= 0.3 is 0 Å². The minimum Gasteiger partial charge on any atom is -0.396 e. The molecule has 0 aromatic carbocycles. The van der Waals surface area contributed by atoms with Crippen molar-refractivity contribution in [2.45, 2.75) is 0 Å². The minimum atomic E-state index is 0.622. The molecule has 0 spiro atoms. The molecule has 0 fully saturated rings. The Kier molecular flexibility index (Phi) is 2.06. The van der Waals surface area contributed by atoms with Crippen LogP contribution in [0.2, 0.25) is 0 Å². The van der Waals surface area contributed by atoms with E-state index in [2.05, 4.69) is 15.4 Å². The lowest BCUT2D eigenvalue weighted by atomic mass is 10.3. The third-order valence-corrected chi connectivity index (χ3v) is 1.84. The summed E-state index contributed by atoms with van der Waals surface area (Å²) in [5.41, 5.74) is 8.09. The molecule has 14 heavy (non-hydrogen) atoms. The molecular formula is C9H11N5. The van der Waals surface area contributed by atoms with E-state index in [-0.39, 0.29) is 0 Å². The van der Waals surface area contributed by atoms with Crippen molar-refractivity contribution in [1.82, 2.24) is 14.8 Å². The van der Waals surface area contributed by atoms with Gasteiger partial charge in [-0.3, -0.25) is 9.67 Å². The lowest BCUT2D eigenvalue weighted by molar-refractivity contribution is 0.768. The molecule has 0 unspecified atom stereocenters. The van der Waals surface area contributed by atoms with E-state index in [1.54, 1.807) is 23.3 Å². The number of hydrogen-bond acceptors (Lipinski definition) is 4. The van der Waals surface area contributed by atoms with E-state index in [4.69, 9.17) is 5.73 Å². The Bertz CT molecular complexity index is 434. The number of pyridine rings is 1. The number of nitrogens with zero attached hydrogens (tertiary/aromatic N) is 3. The first kappa shape index (κ1) is 8.55. The molecule has 0 bridgehead atoms. The summed E-state index contributed by atoms with van der Waals surface area (Å²) in [6.07, 6.45) is 6.91. The fraction of sp³-hybridized carbons (Fsp3) is 0.111. The smallest absolute Gasteiger partial charge is 0.0770 e. The monoisotopic (exact) mass is 189 g/mol. The SMILES string of the molecule is Cn1cc(Nc2ccncc2N)cn1. The van der Waals surface area contributed by atoms with E-state index in [1.807, 2.05) is 19.3 Å². The molecule has 0 aliphatic rings. The lowest BCUT2D eigenvalue weighted by Crippen LogP contribution is -1.95. The van der Waals surface area contributed by atoms with Gasteiger partial charge in [-0.25, -0.2) is 0 Å². The van der Waals surface area contributed by atoms with Gasteiger partial charge in [0, 0.05) is 19.4 Å². The highest BCUT2D eigenvalue weighted by Gasteiger charge is 1.99. The number of nitrogens with two attached hydrogens (primary N) is 1. The first-order chi connectivity index (χ1) is 6.75. The first-order valence-corrected chi connectivity index (χ1v) is 4.21. The van der Waals surface area contributed by atoms with Crippen molar-refractivity contribution in [2.75, 3.05) is 11.1 Å². The molecule has 5 nitrogen and oxygen atoms in total. The van der Waals surface area contributed by atoms with Crippen molar-refractivity contribution in [2.24, 2.45) is 7.05 Å². The Balaban J connectivity index is 2.23. The summed E-state index contributed by atoms with van der Waals surface area (Å²) in [6, 6.07) is 1.82. The molecule has 0 aliphatic carbocycles. The van der Waals surface area contributed by atoms with Gasteiger partial charge in [-0.05, 0) is 6.07 Å². The van der Waals surface area contributed by atoms with Gasteiger partial charge in [0.15, 0.2) is 0 Å². The molecule has 0 aliphatic heterocycles. The molecule has 72 valence electrons. The van der Waals surface area contributed by atoms with Gasteiger partial charge in [0.1, 0.15) is 0 Å². The zero-order valence-corrected chi connectivity index (χ0v) is 7.81. The number of nitrogens with one attached hydrogen (secondary N) is 1. The summed E-state index contributed by atoms with van der Waals surface area (Å²) < 4.78 is 1.72. The molecule has 0 saturated heterocycles. The largest absolute Gasteiger partial charge is 0.396 e. The van der Waals surface area contributed by atoms with Crippen LogP contribution < -0.4 is 11.1 Å². The number of aryl methyl sites for hydroxylation is 1. The second kappa shape index (κ2) is 3.37. The van der Waals surface area contributed by atoms with Crippen LogP contribution in [-0.2, 0) is 7.05 Å². The van der Waals surface area contributed by atoms with Crippen molar-refractivity contribution < 1.29 is 0 Å². The number of nitrogen functional groups attached to an aromatic ring is 1. The maximum Gasteiger partial charge on any atom is 0.0770 e. The van der Waals surface area contributed by atoms with E-state index in [1.165, 1.54) is 0 Å². The fourth-order valence-corrected chi connectivity index (χ4v) is 1.16. The zero-order chi connectivity index (χ0) is 9.97. The normalized spacial score (nSPS) is 10.1. The Morgan fingerprint density at radius 1 is 1.43 bits per heavy atom. The molecule has 0 saturated carbocycles. The van der Waals surface area contributed by atoms with Gasteiger partial charge in [-0.2, -0.15) is 5.10 Å². The lowest BCUT2D eigenvalue weighted by Gasteiger charge is -2.05. The number of aromatic nitrogens is 3. The molecule has 0 radical (unpaired) electrons. The van der Waals surface area contributed by atoms with Crippen LogP contribution in [0.5, 0.6) is 0 Å². The van der Waals surface area contributed by atoms with Crippen LogP contribution in [0.15, 0.2) is 30.9 Å². The maximum absolute atomic E-state index is 5.72. The predicted octanol–water partition coefficient (Wildman–Crippen LogP) is 1.14. The highest BCUT2D eigenvalue weighted by molar-refractivity contribution is 5.70. The standard InChI is InChI=1S/C9H11N5/c1-14-6-7(4-12-14)13-9-2-3-11-5-8(9)10/h2-6H,10H2,1H3,(H,11,13). The summed E-state index contributed by atoms with van der Waals surface area (Å²) in [4.78, 5) is 3.91. The van der Waals surface area contributed by atoms with Gasteiger partial charge in [0.2, 0.25) is 0 Å². The average Bonchev–Trinajstić information content (AvgIpc) is 2.56. The summed E-state index contributed by atoms with van der Waals surface area (Å²) in [6.45, 7) is 0. The van der Waals surface area contributed by atoms with E-state index in [9.17, 15) is 0 Å². The van der Waals surface area contributed by atoms with E-state index < -0.39 is 0 Å². The number of rotatable bonds is 2. The molecular weight excluding hydrogens is 178 g/mol. The van der Waals surface area contributed by atoms with Crippen LogP contribution in [0, 0.1) is 0 Å². The van der Waals surface area contributed by atoms with Crippen LogP contribution in [0.1, 0.15) is 0 Å². The van der Waals surface area contributed by atoms with Crippen molar-refractivity contribution in [3.05, 3.63) is 30.9 Å². The molecule has 0 atom stereocenters. The van der Waals surface area contributed by atoms with E-state index >= 15 is 0 Å². The third kappa shape index (κ3) is 1.66. The third-order valence-electron chi connectivity index (χ3n) is 1.84. The van der Waals surface area contributed by atoms with Crippen LogP contribution in [0.4, 0.5) is 17.1 Å². The highest BCUT2D eigenvalue weighted by Crippen LogP contribution is 2.20. The molecule has 2 heterocycles. The van der Waals surface area contributed by atoms with Crippen molar-refractivity contribution >= 4 is 17.1 Å². The van der Waals surface area contributed by atoms with Gasteiger partial charge < -0.3 is 11.1 Å². The van der Waals surface area contributed by atoms with Gasteiger partial charge in [0.05, 0.1) is 29.5 Å². The van der Waals surface area contributed by atoms with Crippen LogP contribution in [0.3, 0.4) is 0 Å². The summed E-state index contributed by atoms with van der Waals surface area (Å²) >= 11 is 0. The highest BCUT2D eigenvalue weighted by atomic mass is 15.3. The van der Waals surface area contributed by atoms with Gasteiger partial charge in [0.25, 0.3) is 0 Å². The molecule has 3 N–H and O–H groups in total. The number of anilines is 3. The quantitative estimate of drug-likeness (QED) is 0.743. The summed E-state index contributed by atoms with van der Waals surface area (Å²) in [5, 5.41) is 7.18. The van der Waals surface area contributed by atoms with Gasteiger partial charge in [-0.15, -0.1) is 0 Å². The second-order valence-electron chi connectivity index (χ2n) is 2.99. The Hall–Kier alpha value is -2.04. The van der Waals surface area contributed by atoms with E-state index in [0.717, 1.165) is 11.4 Å². The zero-order valence-electron chi connectivity index (χ0n) is 7.81. The molecule has 5 heteroatoms. The minimum absolute atomic E-state index is 0.622. The Morgan fingerprint density at radius 3 is 2.93 bits per heavy atom. The topological polar surface area (TPSA) is 68.8 Å².